The second kappa shape index (κ2) is 13.3. The van der Waals surface area contributed by atoms with E-state index in [1.54, 1.807) is 0 Å². The highest BCUT2D eigenvalue weighted by Gasteiger charge is 2.77. The predicted molar refractivity (Wildman–Crippen MR) is 155 cm³/mol. The van der Waals surface area contributed by atoms with Gasteiger partial charge in [-0.05, 0) is 116 Å². The molecule has 6 fully saturated rings. The van der Waals surface area contributed by atoms with Crippen molar-refractivity contribution in [3.05, 3.63) is 24.3 Å². The number of rotatable bonds is 0. The molecule has 15 rings (SSSR count). The summed E-state index contributed by atoms with van der Waals surface area (Å²) in [5, 5.41) is 0. The minimum Gasteiger partial charge on any atom is -0.465 e. The minimum atomic E-state index is -0.448. The largest absolute Gasteiger partial charge is 0.465 e. The van der Waals surface area contributed by atoms with Crippen LogP contribution in [0.1, 0.15) is 116 Å². The fraction of sp³-hybridized carbons (Fsp3) is 0.765. The molecule has 0 saturated heterocycles. The first-order valence-electron chi connectivity index (χ1n) is 16.3. The van der Waals surface area contributed by atoms with Crippen molar-refractivity contribution in [2.75, 3.05) is 26.4 Å². The van der Waals surface area contributed by atoms with Gasteiger partial charge in [0.2, 0.25) is 0 Å². The highest BCUT2D eigenvalue weighted by Crippen LogP contribution is 2.75. The lowest BCUT2D eigenvalue weighted by molar-refractivity contribution is -0.237. The van der Waals surface area contributed by atoms with E-state index >= 15 is 0 Å². The second-order valence-corrected chi connectivity index (χ2v) is 13.7. The first-order valence-corrected chi connectivity index (χ1v) is 16.3. The summed E-state index contributed by atoms with van der Waals surface area (Å²) in [6, 6.07) is 0. The van der Waals surface area contributed by atoms with Gasteiger partial charge in [-0.2, -0.15) is 0 Å². The zero-order chi connectivity index (χ0) is 29.5. The summed E-state index contributed by atoms with van der Waals surface area (Å²) in [5.74, 6) is -0.585. The Hall–Kier alpha value is -2.64. The highest BCUT2D eigenvalue weighted by molar-refractivity contribution is 5.92. The Bertz CT molecular complexity index is 872. The van der Waals surface area contributed by atoms with Gasteiger partial charge in [0.1, 0.15) is 0 Å². The van der Waals surface area contributed by atoms with Gasteiger partial charge in [-0.3, -0.25) is 19.2 Å². The summed E-state index contributed by atoms with van der Waals surface area (Å²) >= 11 is 0. The number of ether oxygens (including phenoxy) is 4. The SMILES string of the molecule is O=C1OCCCC/C=C/CCCCOC(=O)C23CC(C2)(C3)C(=O)OCCCC/C=C/CCCCOC(=O)C23CC1(C2)C3. The minimum absolute atomic E-state index is 0.146. The van der Waals surface area contributed by atoms with Gasteiger partial charge in [-0.15, -0.1) is 0 Å². The number of allylic oxidation sites excluding steroid dienone is 4. The van der Waals surface area contributed by atoms with Crippen LogP contribution in [0.25, 0.3) is 0 Å². The van der Waals surface area contributed by atoms with Crippen LogP contribution in [0.4, 0.5) is 0 Å². The highest BCUT2D eigenvalue weighted by atomic mass is 16.5. The number of hydrogen-bond donors (Lipinski definition) is 0. The molecule has 0 aromatic rings. The fourth-order valence-corrected chi connectivity index (χ4v) is 7.64. The molecule has 0 aromatic heterocycles. The van der Waals surface area contributed by atoms with Crippen LogP contribution in [0.15, 0.2) is 24.3 Å². The van der Waals surface area contributed by atoms with Gasteiger partial charge in [0, 0.05) is 0 Å². The Labute approximate surface area is 249 Å². The Balaban J connectivity index is 1.01. The number of carbonyl (C=O) groups excluding carboxylic acids is 4. The van der Waals surface area contributed by atoms with Crippen molar-refractivity contribution in [1.29, 1.82) is 0 Å². The van der Waals surface area contributed by atoms with E-state index in [-0.39, 0.29) is 23.9 Å². The van der Waals surface area contributed by atoms with Gasteiger partial charge in [-0.25, -0.2) is 0 Å². The lowest BCUT2D eigenvalue weighted by Gasteiger charge is -2.66. The number of hydrogen-bond acceptors (Lipinski definition) is 8. The van der Waals surface area contributed by atoms with E-state index < -0.39 is 21.7 Å². The van der Waals surface area contributed by atoms with Crippen LogP contribution in [0, 0.1) is 21.7 Å². The van der Waals surface area contributed by atoms with Crippen molar-refractivity contribution < 1.29 is 38.1 Å². The third-order valence-corrected chi connectivity index (χ3v) is 10.1. The van der Waals surface area contributed by atoms with Crippen molar-refractivity contribution in [1.82, 2.24) is 0 Å². The van der Waals surface area contributed by atoms with Crippen molar-refractivity contribution in [2.24, 2.45) is 21.7 Å². The molecule has 0 atom stereocenters. The first kappa shape index (κ1) is 30.8. The van der Waals surface area contributed by atoms with Gasteiger partial charge in [0.15, 0.2) is 0 Å². The molecule has 9 heterocycles. The van der Waals surface area contributed by atoms with Crippen LogP contribution in [0.2, 0.25) is 0 Å². The van der Waals surface area contributed by atoms with E-state index in [0.29, 0.717) is 65.0 Å². The normalized spacial score (nSPS) is 39.0. The molecular formula is C34H48O8. The van der Waals surface area contributed by atoms with Crippen LogP contribution in [0.3, 0.4) is 0 Å². The zero-order valence-electron chi connectivity index (χ0n) is 25.1. The van der Waals surface area contributed by atoms with E-state index in [9.17, 15) is 19.2 Å². The molecule has 4 bridgehead atoms. The van der Waals surface area contributed by atoms with Gasteiger partial charge in [0.05, 0.1) is 48.1 Å². The maximum absolute atomic E-state index is 12.6. The maximum Gasteiger partial charge on any atom is 0.312 e. The van der Waals surface area contributed by atoms with Crippen molar-refractivity contribution in [2.45, 2.75) is 116 Å². The molecule has 42 heavy (non-hydrogen) atoms. The Morgan fingerprint density at radius 2 is 0.571 bits per heavy atom. The topological polar surface area (TPSA) is 105 Å². The molecule has 0 radical (unpaired) electrons. The molecule has 0 unspecified atom stereocenters. The predicted octanol–water partition coefficient (Wildman–Crippen LogP) is 6.31. The molecule has 0 aromatic carbocycles. The first-order chi connectivity index (χ1) is 20.3. The Morgan fingerprint density at radius 3 is 0.786 bits per heavy atom. The van der Waals surface area contributed by atoms with Crippen LogP contribution < -0.4 is 0 Å². The van der Waals surface area contributed by atoms with Crippen LogP contribution >= 0.6 is 0 Å². The van der Waals surface area contributed by atoms with E-state index in [2.05, 4.69) is 24.3 Å². The quantitative estimate of drug-likeness (QED) is 0.185. The van der Waals surface area contributed by atoms with Gasteiger partial charge in [-0.1, -0.05) is 24.3 Å². The van der Waals surface area contributed by atoms with E-state index in [0.717, 1.165) is 77.0 Å². The Morgan fingerprint density at radius 1 is 0.357 bits per heavy atom. The molecule has 0 N–H and O–H groups in total. The average Bonchev–Trinajstić information content (AvgIpc) is 2.86. The summed E-state index contributed by atoms with van der Waals surface area (Å²) < 4.78 is 22.1. The molecule has 9 aliphatic heterocycles. The third-order valence-electron chi connectivity index (χ3n) is 10.1. The Kier molecular flexibility index (Phi) is 9.78. The van der Waals surface area contributed by atoms with E-state index in [4.69, 9.17) is 18.9 Å². The summed E-state index contributed by atoms with van der Waals surface area (Å²) in [4.78, 5) is 50.2. The molecule has 232 valence electrons. The molecule has 15 aliphatic rings. The lowest BCUT2D eigenvalue weighted by Crippen LogP contribution is -2.69. The van der Waals surface area contributed by atoms with Crippen molar-refractivity contribution in [3.8, 4) is 0 Å². The summed E-state index contributed by atoms with van der Waals surface area (Å²) in [6.07, 6.45) is 23.0. The van der Waals surface area contributed by atoms with E-state index in [1.165, 1.54) is 0 Å². The third kappa shape index (κ3) is 6.47. The number of esters is 4. The molecule has 8 nitrogen and oxygen atoms in total. The van der Waals surface area contributed by atoms with Crippen LogP contribution in [-0.4, -0.2) is 50.3 Å². The fourth-order valence-electron chi connectivity index (χ4n) is 7.64. The molecular weight excluding hydrogens is 536 g/mol. The molecule has 6 aliphatic carbocycles. The van der Waals surface area contributed by atoms with Gasteiger partial charge in [0.25, 0.3) is 0 Å². The number of carbonyl (C=O) groups is 4. The zero-order valence-corrected chi connectivity index (χ0v) is 25.1. The molecule has 0 amide bonds. The second-order valence-electron chi connectivity index (χ2n) is 13.7. The maximum atomic E-state index is 12.6. The van der Waals surface area contributed by atoms with Crippen molar-refractivity contribution >= 4 is 23.9 Å². The van der Waals surface area contributed by atoms with Gasteiger partial charge >= 0.3 is 23.9 Å². The molecule has 6 saturated carbocycles. The lowest BCUT2D eigenvalue weighted by atomic mass is 9.35. The van der Waals surface area contributed by atoms with E-state index in [1.807, 2.05) is 0 Å². The summed E-state index contributed by atoms with van der Waals surface area (Å²) in [7, 11) is 0. The van der Waals surface area contributed by atoms with Gasteiger partial charge < -0.3 is 18.9 Å². The summed E-state index contributed by atoms with van der Waals surface area (Å²) in [5.41, 5.74) is -1.79. The molecule has 0 spiro atoms. The summed E-state index contributed by atoms with van der Waals surface area (Å²) in [6.45, 7) is 1.70. The average molecular weight is 585 g/mol. The standard InChI is InChI=1S/C34H48O8/c35-27-31-21-33(22-31,23-31)29(37)41-19-15-11-7-3-4-8-12-16-20-42-30(38)34-24-32(25-34,26-34)28(36)40-18-14-10-6-2-1-5-9-13-17-39-27/h1-4H,5-26H2/b2-1+,4-3+. The van der Waals surface area contributed by atoms with Crippen LogP contribution in [0.5, 0.6) is 0 Å². The smallest absolute Gasteiger partial charge is 0.312 e. The van der Waals surface area contributed by atoms with Crippen LogP contribution in [-0.2, 0) is 38.1 Å². The van der Waals surface area contributed by atoms with Crippen molar-refractivity contribution in [3.63, 3.8) is 0 Å². The monoisotopic (exact) mass is 584 g/mol. The molecule has 8 heteroatoms.